The van der Waals surface area contributed by atoms with Crippen LogP contribution in [0.2, 0.25) is 15.1 Å². The zero-order valence-electron chi connectivity index (χ0n) is 17.5. The number of aryl methyl sites for hydroxylation is 1. The fourth-order valence-corrected chi connectivity index (χ4v) is 4.73. The number of carbonyl (C=O) groups excluding carboxylic acids is 1. The van der Waals surface area contributed by atoms with Crippen molar-refractivity contribution in [2.45, 2.75) is 18.4 Å². The lowest BCUT2D eigenvalue weighted by Gasteiger charge is -2.22. The summed E-state index contributed by atoms with van der Waals surface area (Å²) < 4.78 is 27.7. The van der Waals surface area contributed by atoms with E-state index in [1.807, 2.05) is 31.2 Å². The molecule has 6 nitrogen and oxygen atoms in total. The molecule has 0 bridgehead atoms. The Morgan fingerprint density at radius 1 is 1.00 bits per heavy atom. The van der Waals surface area contributed by atoms with Crippen LogP contribution in [0.4, 0.5) is 0 Å². The Morgan fingerprint density at radius 2 is 1.70 bits per heavy atom. The predicted octanol–water partition coefficient (Wildman–Crippen LogP) is 5.30. The first-order chi connectivity index (χ1) is 15.7. The number of hydrogen-bond donors (Lipinski definition) is 1. The zero-order chi connectivity index (χ0) is 24.0. The maximum absolute atomic E-state index is 13.3. The van der Waals surface area contributed by atoms with Crippen LogP contribution in [0.3, 0.4) is 0 Å². The van der Waals surface area contributed by atoms with Crippen LogP contribution in [-0.4, -0.2) is 31.4 Å². The molecule has 33 heavy (non-hydrogen) atoms. The third-order valence-corrected chi connectivity index (χ3v) is 7.52. The first-order valence-electron chi connectivity index (χ1n) is 9.74. The molecule has 172 valence electrons. The van der Waals surface area contributed by atoms with Gasteiger partial charge in [0.1, 0.15) is 0 Å². The van der Waals surface area contributed by atoms with Crippen LogP contribution in [0.25, 0.3) is 0 Å². The Morgan fingerprint density at radius 3 is 2.36 bits per heavy atom. The molecule has 0 aliphatic rings. The number of hydrazone groups is 1. The third-order valence-electron chi connectivity index (χ3n) is 4.73. The molecule has 0 atom stereocenters. The highest BCUT2D eigenvalue weighted by Crippen LogP contribution is 2.23. The fourth-order valence-electron chi connectivity index (χ4n) is 2.93. The average Bonchev–Trinajstić information content (AvgIpc) is 2.77. The summed E-state index contributed by atoms with van der Waals surface area (Å²) in [4.78, 5) is 12.6. The van der Waals surface area contributed by atoms with Gasteiger partial charge in [0.25, 0.3) is 5.91 Å². The monoisotopic (exact) mass is 523 g/mol. The minimum atomic E-state index is -3.99. The number of amides is 1. The highest BCUT2D eigenvalue weighted by molar-refractivity contribution is 7.89. The van der Waals surface area contributed by atoms with Crippen molar-refractivity contribution in [2.75, 3.05) is 6.54 Å². The number of benzene rings is 3. The van der Waals surface area contributed by atoms with Gasteiger partial charge in [0.05, 0.1) is 27.7 Å². The lowest BCUT2D eigenvalue weighted by Crippen LogP contribution is -2.39. The first-order valence-corrected chi connectivity index (χ1v) is 12.3. The first kappa shape index (κ1) is 25.2. The summed E-state index contributed by atoms with van der Waals surface area (Å²) in [6.45, 7) is 1.46. The summed E-state index contributed by atoms with van der Waals surface area (Å²) in [5.74, 6) is -0.600. The molecule has 10 heteroatoms. The van der Waals surface area contributed by atoms with Gasteiger partial charge < -0.3 is 0 Å². The summed E-state index contributed by atoms with van der Waals surface area (Å²) >= 11 is 17.8. The second kappa shape index (κ2) is 11.1. The minimum Gasteiger partial charge on any atom is -0.272 e. The van der Waals surface area contributed by atoms with Gasteiger partial charge in [-0.2, -0.15) is 9.41 Å². The Balaban J connectivity index is 1.80. The van der Waals surface area contributed by atoms with E-state index in [-0.39, 0.29) is 11.4 Å². The molecular formula is C23H20Cl3N3O3S. The molecule has 0 spiro atoms. The predicted molar refractivity (Wildman–Crippen MR) is 132 cm³/mol. The summed E-state index contributed by atoms with van der Waals surface area (Å²) in [6, 6.07) is 18.0. The Labute approximate surface area is 207 Å². The molecule has 3 aromatic rings. The standard InChI is InChI=1S/C23H20Cl3N3O3S/c1-16-4-2-3-5-18(16)14-29(33(31,32)20-9-7-19(24)8-10-20)15-23(30)28-27-13-17-6-11-21(25)22(26)12-17/h2-13H,14-15H2,1H3,(H,28,30)/b27-13-. The van der Waals surface area contributed by atoms with Crippen LogP contribution in [-0.2, 0) is 21.4 Å². The molecule has 0 saturated heterocycles. The van der Waals surface area contributed by atoms with E-state index in [4.69, 9.17) is 34.8 Å². The SMILES string of the molecule is Cc1ccccc1CN(CC(=O)N/N=C\c1ccc(Cl)c(Cl)c1)S(=O)(=O)c1ccc(Cl)cc1. The van der Waals surface area contributed by atoms with Crippen LogP contribution in [0.1, 0.15) is 16.7 Å². The van der Waals surface area contributed by atoms with E-state index in [2.05, 4.69) is 10.5 Å². The van der Waals surface area contributed by atoms with E-state index in [0.29, 0.717) is 20.6 Å². The summed E-state index contributed by atoms with van der Waals surface area (Å²) in [5, 5.41) is 5.05. The molecular weight excluding hydrogens is 505 g/mol. The van der Waals surface area contributed by atoms with E-state index in [0.717, 1.165) is 15.4 Å². The number of hydrogen-bond acceptors (Lipinski definition) is 4. The molecule has 0 fully saturated rings. The van der Waals surface area contributed by atoms with Crippen molar-refractivity contribution in [3.63, 3.8) is 0 Å². The third kappa shape index (κ3) is 6.79. The quantitative estimate of drug-likeness (QED) is 0.321. The Kier molecular flexibility index (Phi) is 8.51. The van der Waals surface area contributed by atoms with E-state index in [9.17, 15) is 13.2 Å². The molecule has 0 aliphatic heterocycles. The summed E-state index contributed by atoms with van der Waals surface area (Å²) in [7, 11) is -3.99. The number of nitrogens with one attached hydrogen (secondary N) is 1. The van der Waals surface area contributed by atoms with Gasteiger partial charge in [-0.1, -0.05) is 65.1 Å². The minimum absolute atomic E-state index is 0.0154. The van der Waals surface area contributed by atoms with E-state index in [1.54, 1.807) is 18.2 Å². The maximum Gasteiger partial charge on any atom is 0.255 e. The van der Waals surface area contributed by atoms with E-state index >= 15 is 0 Å². The van der Waals surface area contributed by atoms with Crippen LogP contribution in [0, 0.1) is 6.92 Å². The molecule has 1 N–H and O–H groups in total. The second-order valence-electron chi connectivity index (χ2n) is 7.12. The highest BCUT2D eigenvalue weighted by Gasteiger charge is 2.27. The Bertz CT molecular complexity index is 1280. The lowest BCUT2D eigenvalue weighted by molar-refractivity contribution is -0.121. The largest absolute Gasteiger partial charge is 0.272 e. The number of carbonyl (C=O) groups is 1. The van der Waals surface area contributed by atoms with Gasteiger partial charge in [0.15, 0.2) is 0 Å². The van der Waals surface area contributed by atoms with E-state index in [1.165, 1.54) is 30.5 Å². The van der Waals surface area contributed by atoms with E-state index < -0.39 is 22.5 Å². The van der Waals surface area contributed by atoms with Crippen molar-refractivity contribution in [1.29, 1.82) is 0 Å². The van der Waals surface area contributed by atoms with Crippen LogP contribution < -0.4 is 5.43 Å². The topological polar surface area (TPSA) is 78.8 Å². The molecule has 0 unspecified atom stereocenters. The van der Waals surface area contributed by atoms with Crippen molar-refractivity contribution < 1.29 is 13.2 Å². The average molecular weight is 525 g/mol. The van der Waals surface area contributed by atoms with Gasteiger partial charge in [0.2, 0.25) is 10.0 Å². The highest BCUT2D eigenvalue weighted by atomic mass is 35.5. The van der Waals surface area contributed by atoms with Crippen molar-refractivity contribution >= 4 is 56.9 Å². The van der Waals surface area contributed by atoms with Crippen molar-refractivity contribution in [1.82, 2.24) is 9.73 Å². The smallest absolute Gasteiger partial charge is 0.255 e. The van der Waals surface area contributed by atoms with Gasteiger partial charge >= 0.3 is 0 Å². The number of halogens is 3. The van der Waals surface area contributed by atoms with Crippen molar-refractivity contribution in [2.24, 2.45) is 5.10 Å². The zero-order valence-corrected chi connectivity index (χ0v) is 20.6. The molecule has 0 aliphatic carbocycles. The maximum atomic E-state index is 13.3. The molecule has 0 heterocycles. The molecule has 3 rings (SSSR count). The van der Waals surface area contributed by atoms with Gasteiger partial charge in [-0.05, 0) is 60.0 Å². The molecule has 0 radical (unpaired) electrons. The molecule has 1 amide bonds. The van der Waals surface area contributed by atoms with Crippen molar-refractivity contribution in [3.8, 4) is 0 Å². The molecule has 0 aromatic heterocycles. The van der Waals surface area contributed by atoms with Crippen LogP contribution >= 0.6 is 34.8 Å². The lowest BCUT2D eigenvalue weighted by atomic mass is 10.1. The number of nitrogens with zero attached hydrogens (tertiary/aromatic N) is 2. The van der Waals surface area contributed by atoms with Gasteiger partial charge in [-0.25, -0.2) is 13.8 Å². The number of rotatable bonds is 8. The number of sulfonamides is 1. The van der Waals surface area contributed by atoms with Crippen LogP contribution in [0.15, 0.2) is 76.7 Å². The molecule has 0 saturated carbocycles. The second-order valence-corrected chi connectivity index (χ2v) is 10.3. The summed E-state index contributed by atoms with van der Waals surface area (Å²) in [5.41, 5.74) is 4.67. The van der Waals surface area contributed by atoms with Crippen molar-refractivity contribution in [3.05, 3.63) is 98.5 Å². The molecule has 3 aromatic carbocycles. The van der Waals surface area contributed by atoms with Gasteiger partial charge in [-0.3, -0.25) is 4.79 Å². The Hall–Kier alpha value is -2.42. The van der Waals surface area contributed by atoms with Gasteiger partial charge in [-0.15, -0.1) is 0 Å². The van der Waals surface area contributed by atoms with Gasteiger partial charge in [0, 0.05) is 11.6 Å². The van der Waals surface area contributed by atoms with Crippen LogP contribution in [0.5, 0.6) is 0 Å². The normalized spacial score (nSPS) is 11.8. The summed E-state index contributed by atoms with van der Waals surface area (Å²) in [6.07, 6.45) is 1.39. The fraction of sp³-hybridized carbons (Fsp3) is 0.130.